The minimum atomic E-state index is -4.57. The highest BCUT2D eigenvalue weighted by Gasteiger charge is 2.42. The van der Waals surface area contributed by atoms with Crippen molar-refractivity contribution in [3.05, 3.63) is 41.6 Å². The number of halogens is 3. The first-order valence-corrected chi connectivity index (χ1v) is 5.48. The molecule has 2 rings (SSSR count). The molecule has 0 unspecified atom stereocenters. The maximum Gasteiger partial charge on any atom is 0.417 e. The fraction of sp³-hybridized carbons (Fsp3) is 0.308. The molecule has 1 atom stereocenters. The van der Waals surface area contributed by atoms with Gasteiger partial charge in [0.05, 0.1) is 23.8 Å². The monoisotopic (exact) mass is 268 g/mol. The van der Waals surface area contributed by atoms with Crippen molar-refractivity contribution in [3.8, 4) is 6.07 Å². The minimum Gasteiger partial charge on any atom is -0.363 e. The van der Waals surface area contributed by atoms with E-state index in [4.69, 9.17) is 10.00 Å². The van der Waals surface area contributed by atoms with E-state index < -0.39 is 22.9 Å². The van der Waals surface area contributed by atoms with Crippen LogP contribution in [0, 0.1) is 11.3 Å². The van der Waals surface area contributed by atoms with Gasteiger partial charge in [0.1, 0.15) is 5.60 Å². The highest BCUT2D eigenvalue weighted by molar-refractivity contribution is 5.56. The van der Waals surface area contributed by atoms with Gasteiger partial charge in [-0.3, -0.25) is 0 Å². The van der Waals surface area contributed by atoms with Gasteiger partial charge in [0.15, 0.2) is 0 Å². The third-order valence-electron chi connectivity index (χ3n) is 2.96. The summed E-state index contributed by atoms with van der Waals surface area (Å²) in [5, 5.41) is 11.5. The van der Waals surface area contributed by atoms with Crippen molar-refractivity contribution in [2.75, 3.05) is 11.9 Å². The van der Waals surface area contributed by atoms with E-state index >= 15 is 0 Å². The molecule has 6 heteroatoms. The Morgan fingerprint density at radius 2 is 2.16 bits per heavy atom. The van der Waals surface area contributed by atoms with Crippen molar-refractivity contribution in [1.82, 2.24) is 0 Å². The van der Waals surface area contributed by atoms with Gasteiger partial charge in [-0.2, -0.15) is 18.4 Å². The van der Waals surface area contributed by atoms with Gasteiger partial charge < -0.3 is 10.1 Å². The predicted molar refractivity (Wildman–Crippen MR) is 63.3 cm³/mol. The topological polar surface area (TPSA) is 48.4 Å². The third kappa shape index (κ3) is 2.71. The van der Waals surface area contributed by atoms with Crippen molar-refractivity contribution < 1.29 is 17.9 Å². The zero-order chi connectivity index (χ0) is 14.3. The van der Waals surface area contributed by atoms with Crippen LogP contribution in [0.1, 0.15) is 18.1 Å². The second kappa shape index (κ2) is 4.28. The summed E-state index contributed by atoms with van der Waals surface area (Å²) in [6.07, 6.45) is -4.57. The van der Waals surface area contributed by atoms with Gasteiger partial charge in [0.25, 0.3) is 0 Å². The molecule has 0 spiro atoms. The molecule has 0 saturated carbocycles. The molecule has 1 aliphatic rings. The highest BCUT2D eigenvalue weighted by atomic mass is 19.4. The Hall–Kier alpha value is -2.00. The second-order valence-corrected chi connectivity index (χ2v) is 4.49. The molecule has 1 aliphatic heterocycles. The fourth-order valence-corrected chi connectivity index (χ4v) is 1.54. The molecule has 1 aromatic carbocycles. The van der Waals surface area contributed by atoms with Crippen molar-refractivity contribution in [3.63, 3.8) is 0 Å². The number of alkyl halides is 3. The molecule has 1 heterocycles. The van der Waals surface area contributed by atoms with Crippen LogP contribution in [0.3, 0.4) is 0 Å². The van der Waals surface area contributed by atoms with Crippen molar-refractivity contribution in [2.24, 2.45) is 0 Å². The number of ether oxygens (including phenoxy) is 1. The van der Waals surface area contributed by atoms with Crippen LogP contribution in [0.5, 0.6) is 0 Å². The summed E-state index contributed by atoms with van der Waals surface area (Å²) in [6, 6.07) is 4.97. The van der Waals surface area contributed by atoms with Gasteiger partial charge in [-0.15, -0.1) is 0 Å². The van der Waals surface area contributed by atoms with E-state index in [2.05, 4.69) is 11.9 Å². The summed E-state index contributed by atoms with van der Waals surface area (Å²) in [5.74, 6) is 0. The summed E-state index contributed by atoms with van der Waals surface area (Å²) in [4.78, 5) is 0. The molecular formula is C13H11F3N2O. The maximum atomic E-state index is 12.8. The highest BCUT2D eigenvalue weighted by Crippen LogP contribution is 2.36. The van der Waals surface area contributed by atoms with Gasteiger partial charge in [0, 0.05) is 11.4 Å². The predicted octanol–water partition coefficient (Wildman–Crippen LogP) is 3.29. The largest absolute Gasteiger partial charge is 0.417 e. The van der Waals surface area contributed by atoms with Crippen LogP contribution in [-0.2, 0) is 10.9 Å². The fourth-order valence-electron chi connectivity index (χ4n) is 1.54. The first-order valence-electron chi connectivity index (χ1n) is 5.48. The van der Waals surface area contributed by atoms with Crippen LogP contribution >= 0.6 is 0 Å². The number of nitrogens with zero attached hydrogens (tertiary/aromatic N) is 1. The van der Waals surface area contributed by atoms with Gasteiger partial charge in [-0.1, -0.05) is 6.58 Å². The Morgan fingerprint density at radius 3 is 2.63 bits per heavy atom. The molecule has 0 bridgehead atoms. The number of nitrogens with one attached hydrogen (secondary N) is 1. The Morgan fingerprint density at radius 1 is 1.53 bits per heavy atom. The molecule has 1 aromatic rings. The Bertz CT molecular complexity index is 568. The molecule has 0 amide bonds. The summed E-state index contributed by atoms with van der Waals surface area (Å²) >= 11 is 0. The van der Waals surface area contributed by atoms with E-state index in [9.17, 15) is 13.2 Å². The van der Waals surface area contributed by atoms with Crippen LogP contribution in [0.4, 0.5) is 18.9 Å². The molecule has 1 N–H and O–H groups in total. The molecule has 100 valence electrons. The van der Waals surface area contributed by atoms with Crippen molar-refractivity contribution in [1.29, 1.82) is 5.26 Å². The van der Waals surface area contributed by atoms with E-state index in [1.165, 1.54) is 12.1 Å². The molecule has 3 nitrogen and oxygen atoms in total. The molecule has 1 saturated heterocycles. The second-order valence-electron chi connectivity index (χ2n) is 4.49. The van der Waals surface area contributed by atoms with Crippen molar-refractivity contribution >= 4 is 5.69 Å². The Kier molecular flexibility index (Phi) is 3.03. The molecule has 1 fully saturated rings. The van der Waals surface area contributed by atoms with Crippen LogP contribution in [-0.4, -0.2) is 12.2 Å². The lowest BCUT2D eigenvalue weighted by Gasteiger charge is -2.15. The number of rotatable bonds is 3. The number of anilines is 1. The number of hydrogen-bond acceptors (Lipinski definition) is 3. The lowest BCUT2D eigenvalue weighted by molar-refractivity contribution is -0.137. The van der Waals surface area contributed by atoms with Gasteiger partial charge >= 0.3 is 6.18 Å². The summed E-state index contributed by atoms with van der Waals surface area (Å²) in [5.41, 5.74) is -1.17. The first kappa shape index (κ1) is 13.4. The summed E-state index contributed by atoms with van der Waals surface area (Å²) in [7, 11) is 0. The molecule has 0 aliphatic carbocycles. The summed E-state index contributed by atoms with van der Waals surface area (Å²) in [6.45, 7) is 6.01. The van der Waals surface area contributed by atoms with Crippen LogP contribution in [0.2, 0.25) is 0 Å². The first-order chi connectivity index (χ1) is 8.76. The normalized spacial score (nSPS) is 21.6. The number of hydrogen-bond donors (Lipinski definition) is 1. The van der Waals surface area contributed by atoms with E-state index in [1.807, 2.05) is 0 Å². The Balaban J connectivity index is 2.29. The number of benzene rings is 1. The maximum absolute atomic E-state index is 12.8. The van der Waals surface area contributed by atoms with E-state index in [0.717, 1.165) is 12.1 Å². The van der Waals surface area contributed by atoms with Crippen molar-refractivity contribution in [2.45, 2.75) is 18.7 Å². The van der Waals surface area contributed by atoms with Crippen LogP contribution < -0.4 is 5.32 Å². The van der Waals surface area contributed by atoms with Gasteiger partial charge in [-0.25, -0.2) is 0 Å². The molecule has 19 heavy (non-hydrogen) atoms. The van der Waals surface area contributed by atoms with E-state index in [1.54, 1.807) is 6.92 Å². The molecule has 0 radical (unpaired) electrons. The minimum absolute atomic E-state index is 0.230. The van der Waals surface area contributed by atoms with E-state index in [-0.39, 0.29) is 5.69 Å². The average molecular weight is 268 g/mol. The standard InChI is InChI=1S/C13H11F3N2O/c1-8(12(2)7-19-12)18-10-4-3-9(6-17)11(5-10)13(14,15)16/h3-5,18H,1,7H2,2H3/t12-/m0/s1. The SMILES string of the molecule is C=C(Nc1ccc(C#N)c(C(F)(F)F)c1)[C@]1(C)CO1. The van der Waals surface area contributed by atoms with E-state index in [0.29, 0.717) is 12.3 Å². The number of epoxide rings is 1. The third-order valence-corrected chi connectivity index (χ3v) is 2.96. The molecular weight excluding hydrogens is 257 g/mol. The smallest absolute Gasteiger partial charge is 0.363 e. The summed E-state index contributed by atoms with van der Waals surface area (Å²) < 4.78 is 43.5. The Labute approximate surface area is 108 Å². The van der Waals surface area contributed by atoms with Gasteiger partial charge in [-0.05, 0) is 25.1 Å². The zero-order valence-corrected chi connectivity index (χ0v) is 10.1. The van der Waals surface area contributed by atoms with Gasteiger partial charge in [0.2, 0.25) is 0 Å². The quantitative estimate of drug-likeness (QED) is 0.856. The molecule has 0 aromatic heterocycles. The van der Waals surface area contributed by atoms with Crippen LogP contribution in [0.25, 0.3) is 0 Å². The zero-order valence-electron chi connectivity index (χ0n) is 10.1. The average Bonchev–Trinajstić information content (AvgIpc) is 3.07. The lowest BCUT2D eigenvalue weighted by Crippen LogP contribution is -2.16. The van der Waals surface area contributed by atoms with Crippen LogP contribution in [0.15, 0.2) is 30.5 Å². The number of nitriles is 1. The lowest BCUT2D eigenvalue weighted by atomic mass is 10.1.